The maximum Gasteiger partial charge on any atom is 0.272 e. The molecule has 0 aliphatic carbocycles. The standard InChI is InChI=1S/C15H15N5O/c1-9(10-3-2-6-17-8-10)18-15(21)14-12-7-11(16)4-5-13(12)19-20-14/h2-9H,16H2,1H3,(H,18,21)(H,19,20). The molecule has 2 aromatic heterocycles. The number of benzene rings is 1. The Labute approximate surface area is 121 Å². The van der Waals surface area contributed by atoms with Crippen molar-refractivity contribution < 1.29 is 4.79 Å². The zero-order chi connectivity index (χ0) is 14.8. The Bertz CT molecular complexity index is 781. The summed E-state index contributed by atoms with van der Waals surface area (Å²) in [6.07, 6.45) is 3.42. The number of carbonyl (C=O) groups excluding carboxylic acids is 1. The first-order valence-electron chi connectivity index (χ1n) is 6.59. The van der Waals surface area contributed by atoms with Crippen LogP contribution in [0.15, 0.2) is 42.7 Å². The van der Waals surface area contributed by atoms with Crippen LogP contribution in [0.5, 0.6) is 0 Å². The molecule has 0 saturated carbocycles. The Morgan fingerprint density at radius 2 is 2.24 bits per heavy atom. The maximum absolute atomic E-state index is 12.4. The maximum atomic E-state index is 12.4. The number of hydrogen-bond acceptors (Lipinski definition) is 4. The van der Waals surface area contributed by atoms with Gasteiger partial charge in [-0.25, -0.2) is 0 Å². The molecule has 1 amide bonds. The fraction of sp³-hybridized carbons (Fsp3) is 0.133. The summed E-state index contributed by atoms with van der Waals surface area (Å²) in [5.74, 6) is -0.247. The van der Waals surface area contributed by atoms with Crippen molar-refractivity contribution in [2.45, 2.75) is 13.0 Å². The number of nitrogens with zero attached hydrogens (tertiary/aromatic N) is 2. The average Bonchev–Trinajstić information content (AvgIpc) is 2.91. The molecule has 3 rings (SSSR count). The molecule has 1 aromatic carbocycles. The molecule has 0 saturated heterocycles. The van der Waals surface area contributed by atoms with Crippen molar-refractivity contribution in [3.05, 3.63) is 54.0 Å². The van der Waals surface area contributed by atoms with Gasteiger partial charge >= 0.3 is 0 Å². The lowest BCUT2D eigenvalue weighted by molar-refractivity contribution is 0.0936. The van der Waals surface area contributed by atoms with Crippen molar-refractivity contribution in [2.75, 3.05) is 5.73 Å². The average molecular weight is 281 g/mol. The second kappa shape index (κ2) is 5.24. The Morgan fingerprint density at radius 1 is 1.38 bits per heavy atom. The zero-order valence-corrected chi connectivity index (χ0v) is 11.5. The van der Waals surface area contributed by atoms with Gasteiger partial charge < -0.3 is 11.1 Å². The molecule has 0 bridgehead atoms. The lowest BCUT2D eigenvalue weighted by Gasteiger charge is -2.12. The van der Waals surface area contributed by atoms with Gasteiger partial charge in [-0.2, -0.15) is 5.10 Å². The van der Waals surface area contributed by atoms with Crippen LogP contribution in [0.4, 0.5) is 5.69 Å². The minimum Gasteiger partial charge on any atom is -0.399 e. The summed E-state index contributed by atoms with van der Waals surface area (Å²) in [5, 5.41) is 10.5. The van der Waals surface area contributed by atoms with Gasteiger partial charge in [-0.05, 0) is 36.8 Å². The number of nitrogens with one attached hydrogen (secondary N) is 2. The predicted octanol–water partition coefficient (Wildman–Crippen LogP) is 2.03. The second-order valence-electron chi connectivity index (χ2n) is 4.86. The number of hydrogen-bond donors (Lipinski definition) is 3. The third-order valence-electron chi connectivity index (χ3n) is 3.33. The van der Waals surface area contributed by atoms with Crippen LogP contribution in [0, 0.1) is 0 Å². The van der Waals surface area contributed by atoms with Crippen molar-refractivity contribution in [1.82, 2.24) is 20.5 Å². The zero-order valence-electron chi connectivity index (χ0n) is 11.5. The van der Waals surface area contributed by atoms with Crippen molar-refractivity contribution in [3.63, 3.8) is 0 Å². The van der Waals surface area contributed by atoms with E-state index >= 15 is 0 Å². The number of aromatic amines is 1. The Balaban J connectivity index is 1.86. The van der Waals surface area contributed by atoms with Gasteiger partial charge in [-0.15, -0.1) is 0 Å². The van der Waals surface area contributed by atoms with Gasteiger partial charge in [0.15, 0.2) is 5.69 Å². The van der Waals surface area contributed by atoms with E-state index in [0.29, 0.717) is 16.8 Å². The summed E-state index contributed by atoms with van der Waals surface area (Å²) in [5.41, 5.74) is 8.42. The van der Waals surface area contributed by atoms with Crippen LogP contribution in [0.2, 0.25) is 0 Å². The molecule has 21 heavy (non-hydrogen) atoms. The van der Waals surface area contributed by atoms with E-state index < -0.39 is 0 Å². The van der Waals surface area contributed by atoms with Gasteiger partial charge in [-0.1, -0.05) is 6.07 Å². The second-order valence-corrected chi connectivity index (χ2v) is 4.86. The number of nitrogen functional groups attached to an aromatic ring is 1. The molecule has 1 unspecified atom stereocenters. The Morgan fingerprint density at radius 3 is 3.00 bits per heavy atom. The molecule has 0 radical (unpaired) electrons. The monoisotopic (exact) mass is 281 g/mol. The van der Waals surface area contributed by atoms with Crippen molar-refractivity contribution in [2.24, 2.45) is 0 Å². The number of fused-ring (bicyclic) bond motifs is 1. The normalized spacial score (nSPS) is 12.2. The number of amides is 1. The molecule has 6 heteroatoms. The highest BCUT2D eigenvalue weighted by molar-refractivity contribution is 6.05. The number of anilines is 1. The topological polar surface area (TPSA) is 96.7 Å². The number of aromatic nitrogens is 3. The highest BCUT2D eigenvalue weighted by Crippen LogP contribution is 2.20. The molecule has 2 heterocycles. The number of H-pyrrole nitrogens is 1. The largest absolute Gasteiger partial charge is 0.399 e. The molecule has 6 nitrogen and oxygen atoms in total. The van der Waals surface area contributed by atoms with Crippen molar-refractivity contribution in [1.29, 1.82) is 0 Å². The van der Waals surface area contributed by atoms with Crippen LogP contribution in [0.3, 0.4) is 0 Å². The van der Waals surface area contributed by atoms with Crippen LogP contribution in [-0.4, -0.2) is 21.1 Å². The van der Waals surface area contributed by atoms with Gasteiger partial charge in [0, 0.05) is 23.5 Å². The van der Waals surface area contributed by atoms with Gasteiger partial charge in [-0.3, -0.25) is 14.9 Å². The van der Waals surface area contributed by atoms with E-state index in [-0.39, 0.29) is 11.9 Å². The summed E-state index contributed by atoms with van der Waals surface area (Å²) in [7, 11) is 0. The first kappa shape index (κ1) is 13.1. The molecule has 0 aliphatic heterocycles. The van der Waals surface area contributed by atoms with Crippen LogP contribution in [0.1, 0.15) is 29.0 Å². The van der Waals surface area contributed by atoms with Crippen LogP contribution in [-0.2, 0) is 0 Å². The fourth-order valence-corrected chi connectivity index (χ4v) is 2.19. The summed E-state index contributed by atoms with van der Waals surface area (Å²) < 4.78 is 0. The number of rotatable bonds is 3. The first-order valence-corrected chi connectivity index (χ1v) is 6.59. The summed E-state index contributed by atoms with van der Waals surface area (Å²) in [4.78, 5) is 16.4. The summed E-state index contributed by atoms with van der Waals surface area (Å²) >= 11 is 0. The van der Waals surface area contributed by atoms with Crippen molar-refractivity contribution >= 4 is 22.5 Å². The summed E-state index contributed by atoms with van der Waals surface area (Å²) in [6, 6.07) is 8.90. The van der Waals surface area contributed by atoms with Crippen LogP contribution < -0.4 is 11.1 Å². The van der Waals surface area contributed by atoms with Crippen LogP contribution >= 0.6 is 0 Å². The van der Waals surface area contributed by atoms with Gasteiger partial charge in [0.25, 0.3) is 5.91 Å². The quantitative estimate of drug-likeness (QED) is 0.640. The molecular weight excluding hydrogens is 266 g/mol. The highest BCUT2D eigenvalue weighted by atomic mass is 16.2. The van der Waals surface area contributed by atoms with Gasteiger partial charge in [0.05, 0.1) is 11.6 Å². The minimum absolute atomic E-state index is 0.154. The van der Waals surface area contributed by atoms with E-state index in [1.807, 2.05) is 19.1 Å². The first-order chi connectivity index (χ1) is 10.1. The van der Waals surface area contributed by atoms with Crippen LogP contribution in [0.25, 0.3) is 10.9 Å². The SMILES string of the molecule is CC(NC(=O)c1n[nH]c2ccc(N)cc12)c1cccnc1. The fourth-order valence-electron chi connectivity index (χ4n) is 2.19. The molecule has 106 valence electrons. The van der Waals surface area contributed by atoms with E-state index in [2.05, 4.69) is 20.5 Å². The predicted molar refractivity (Wildman–Crippen MR) is 80.6 cm³/mol. The molecule has 1 atom stereocenters. The number of nitrogens with two attached hydrogens (primary N) is 1. The number of pyridine rings is 1. The van der Waals surface area contributed by atoms with E-state index in [1.165, 1.54) is 0 Å². The Hall–Kier alpha value is -2.89. The Kier molecular flexibility index (Phi) is 3.27. The van der Waals surface area contributed by atoms with E-state index in [4.69, 9.17) is 5.73 Å². The third-order valence-corrected chi connectivity index (χ3v) is 3.33. The van der Waals surface area contributed by atoms with Crippen molar-refractivity contribution in [3.8, 4) is 0 Å². The van der Waals surface area contributed by atoms with Gasteiger partial charge in [0.2, 0.25) is 0 Å². The molecular formula is C15H15N5O. The molecule has 4 N–H and O–H groups in total. The summed E-state index contributed by atoms with van der Waals surface area (Å²) in [6.45, 7) is 1.90. The van der Waals surface area contributed by atoms with E-state index in [9.17, 15) is 4.79 Å². The number of carbonyl (C=O) groups is 1. The van der Waals surface area contributed by atoms with E-state index in [0.717, 1.165) is 11.1 Å². The molecule has 0 spiro atoms. The third kappa shape index (κ3) is 2.55. The van der Waals surface area contributed by atoms with Gasteiger partial charge in [0.1, 0.15) is 0 Å². The van der Waals surface area contributed by atoms with E-state index in [1.54, 1.807) is 30.6 Å². The molecule has 0 fully saturated rings. The highest BCUT2D eigenvalue weighted by Gasteiger charge is 2.17. The lowest BCUT2D eigenvalue weighted by Crippen LogP contribution is -2.27. The molecule has 0 aliphatic rings. The minimum atomic E-state index is -0.247. The smallest absolute Gasteiger partial charge is 0.272 e. The lowest BCUT2D eigenvalue weighted by atomic mass is 10.1. The molecule has 3 aromatic rings.